The number of nitrogens with one attached hydrogen (secondary N) is 2. The van der Waals surface area contributed by atoms with Gasteiger partial charge in [0, 0.05) is 69.3 Å². The second kappa shape index (κ2) is 13.7. The molecule has 2 amide bonds. The van der Waals surface area contributed by atoms with E-state index in [1.54, 1.807) is 10.4 Å². The number of sulfonamides is 1. The van der Waals surface area contributed by atoms with Crippen LogP contribution < -0.4 is 16.4 Å². The maximum absolute atomic E-state index is 15.5. The van der Waals surface area contributed by atoms with E-state index in [-0.39, 0.29) is 40.6 Å². The van der Waals surface area contributed by atoms with E-state index in [4.69, 9.17) is 5.73 Å². The predicted molar refractivity (Wildman–Crippen MR) is 186 cm³/mol. The number of rotatable bonds is 8. The number of anilines is 3. The molecule has 4 heterocycles. The molecule has 2 aromatic carbocycles. The van der Waals surface area contributed by atoms with Gasteiger partial charge >= 0.3 is 12.2 Å². The number of urea groups is 1. The van der Waals surface area contributed by atoms with E-state index < -0.39 is 33.6 Å². The van der Waals surface area contributed by atoms with Crippen LogP contribution in [0.3, 0.4) is 0 Å². The molecule has 1 saturated carbocycles. The van der Waals surface area contributed by atoms with Gasteiger partial charge in [0.05, 0.1) is 21.9 Å². The summed E-state index contributed by atoms with van der Waals surface area (Å²) in [5.41, 5.74) is 6.81. The van der Waals surface area contributed by atoms with Gasteiger partial charge in [0.25, 0.3) is 0 Å². The Kier molecular flexibility index (Phi) is 9.41. The van der Waals surface area contributed by atoms with Gasteiger partial charge in [-0.1, -0.05) is 12.1 Å². The highest BCUT2D eigenvalue weighted by Gasteiger charge is 2.41. The average Bonchev–Trinajstić information content (AvgIpc) is 3.88. The molecule has 3 fully saturated rings. The number of piperidine rings is 1. The molecule has 2 aromatic heterocycles. The minimum atomic E-state index is -4.64. The number of nitrogens with two attached hydrogens (primary N) is 1. The van der Waals surface area contributed by atoms with Gasteiger partial charge in [0.1, 0.15) is 23.6 Å². The Hall–Kier alpha value is -4.32. The maximum atomic E-state index is 15.5. The van der Waals surface area contributed by atoms with E-state index in [1.807, 2.05) is 22.7 Å². The molecule has 0 radical (unpaired) electrons. The first-order valence-electron chi connectivity index (χ1n) is 16.9. The van der Waals surface area contributed by atoms with Crippen molar-refractivity contribution in [3.8, 4) is 11.1 Å². The van der Waals surface area contributed by atoms with Gasteiger partial charge in [-0.3, -0.25) is 4.90 Å². The zero-order valence-electron chi connectivity index (χ0n) is 28.0. The van der Waals surface area contributed by atoms with Gasteiger partial charge in [0.2, 0.25) is 10.0 Å². The van der Waals surface area contributed by atoms with Crippen LogP contribution in [0.2, 0.25) is 0 Å². The number of nitrogens with zero attached hydrogens (tertiary/aromatic N) is 6. The number of halogens is 4. The lowest BCUT2D eigenvalue weighted by Crippen LogP contribution is -2.44. The number of nitrogen functional groups attached to an aromatic ring is 1. The number of benzene rings is 2. The van der Waals surface area contributed by atoms with Crippen LogP contribution in [-0.2, 0) is 22.7 Å². The Balaban J connectivity index is 1.06. The Morgan fingerprint density at radius 3 is 2.35 bits per heavy atom. The molecule has 17 heteroatoms. The summed E-state index contributed by atoms with van der Waals surface area (Å²) in [6, 6.07) is 6.83. The highest BCUT2D eigenvalue weighted by atomic mass is 32.2. The largest absolute Gasteiger partial charge is 0.416 e. The molecule has 0 unspecified atom stereocenters. The summed E-state index contributed by atoms with van der Waals surface area (Å²) in [7, 11) is -1.31. The lowest BCUT2D eigenvalue weighted by atomic mass is 10.0. The highest BCUT2D eigenvalue weighted by Crippen LogP contribution is 2.39. The predicted octanol–water partition coefficient (Wildman–Crippen LogP) is 5.36. The van der Waals surface area contributed by atoms with Gasteiger partial charge in [-0.05, 0) is 68.1 Å². The van der Waals surface area contributed by atoms with Crippen LogP contribution in [0.5, 0.6) is 0 Å². The summed E-state index contributed by atoms with van der Waals surface area (Å²) in [4.78, 5) is 25.5. The normalized spacial score (nSPS) is 18.7. The SMILES string of the molecule is CN1CCN(Cc2ccc(NC(=O)Nc3ccc(-c4cn(C5CCN(S(=O)(=O)C6CC6)CC5)c5ncnc(N)c45)cc3F)cc2C(F)(F)F)CC1. The second-order valence-electron chi connectivity index (χ2n) is 13.5. The number of piperazine rings is 1. The van der Waals surface area contributed by atoms with Crippen LogP contribution in [0.25, 0.3) is 22.2 Å². The Morgan fingerprint density at radius 1 is 0.961 bits per heavy atom. The lowest BCUT2D eigenvalue weighted by Gasteiger charge is -2.33. The minimum absolute atomic E-state index is 0.0746. The summed E-state index contributed by atoms with van der Waals surface area (Å²) in [6.45, 7) is 3.73. The fourth-order valence-electron chi connectivity index (χ4n) is 6.93. The number of carbonyl (C=O) groups excluding carboxylic acids is 1. The first kappa shape index (κ1) is 35.1. The number of amides is 2. The Labute approximate surface area is 292 Å². The Morgan fingerprint density at radius 2 is 1.69 bits per heavy atom. The molecule has 4 N–H and O–H groups in total. The molecule has 1 aliphatic carbocycles. The fraction of sp³-hybridized carbons (Fsp3) is 0.441. The fourth-order valence-corrected chi connectivity index (χ4v) is 8.80. The summed E-state index contributed by atoms with van der Waals surface area (Å²) in [5.74, 6) is -0.590. The van der Waals surface area contributed by atoms with Gasteiger partial charge in [-0.15, -0.1) is 0 Å². The minimum Gasteiger partial charge on any atom is -0.383 e. The van der Waals surface area contributed by atoms with E-state index in [9.17, 15) is 26.4 Å². The molecule has 0 bridgehead atoms. The van der Waals surface area contributed by atoms with Crippen molar-refractivity contribution >= 4 is 44.3 Å². The molecule has 51 heavy (non-hydrogen) atoms. The topological polar surface area (TPSA) is 142 Å². The number of fused-ring (bicyclic) bond motifs is 1. The van der Waals surface area contributed by atoms with Crippen LogP contribution in [-0.4, -0.2) is 94.7 Å². The molecule has 7 rings (SSSR count). The third kappa shape index (κ3) is 7.38. The van der Waals surface area contributed by atoms with Gasteiger partial charge in [-0.2, -0.15) is 13.2 Å². The summed E-state index contributed by atoms with van der Waals surface area (Å²) >= 11 is 0. The number of alkyl halides is 3. The first-order chi connectivity index (χ1) is 24.3. The first-order valence-corrected chi connectivity index (χ1v) is 18.4. The lowest BCUT2D eigenvalue weighted by molar-refractivity contribution is -0.138. The molecule has 0 spiro atoms. The molecule has 2 saturated heterocycles. The molecule has 4 aromatic rings. The zero-order chi connectivity index (χ0) is 36.1. The van der Waals surface area contributed by atoms with Crippen LogP contribution in [0, 0.1) is 5.82 Å². The van der Waals surface area contributed by atoms with Crippen LogP contribution in [0.4, 0.5) is 39.5 Å². The zero-order valence-corrected chi connectivity index (χ0v) is 28.8. The van der Waals surface area contributed by atoms with Crippen molar-refractivity contribution in [3.63, 3.8) is 0 Å². The Bertz CT molecular complexity index is 2050. The summed E-state index contributed by atoms with van der Waals surface area (Å²) in [5, 5.41) is 5.02. The van der Waals surface area contributed by atoms with Gasteiger partial charge < -0.3 is 25.8 Å². The highest BCUT2D eigenvalue weighted by molar-refractivity contribution is 7.90. The molecule has 272 valence electrons. The average molecular weight is 730 g/mol. The third-order valence-corrected chi connectivity index (χ3v) is 12.4. The standard InChI is InChI=1S/C34H39F4N9O3S/c1-44-12-14-45(15-13-44)18-22-2-4-23(17-27(22)34(36,37)38)42-33(48)43-29-7-3-21(16-28(29)35)26-19-47(32-30(26)31(39)40-20-41-32)24-8-10-46(11-9-24)51(49,50)25-5-6-25/h2-4,7,16-17,19-20,24-25H,5-6,8-15,18H2,1H3,(H2,39,40,41)(H2,42,43,48). The molecule has 12 nitrogen and oxygen atoms in total. The third-order valence-electron chi connectivity index (χ3n) is 9.95. The van der Waals surface area contributed by atoms with E-state index in [1.165, 1.54) is 30.6 Å². The number of hydrogen-bond acceptors (Lipinski definition) is 8. The van der Waals surface area contributed by atoms with Crippen molar-refractivity contribution in [1.29, 1.82) is 0 Å². The summed E-state index contributed by atoms with van der Waals surface area (Å²) < 4.78 is 86.6. The van der Waals surface area contributed by atoms with Crippen molar-refractivity contribution in [3.05, 3.63) is 65.9 Å². The molecule has 2 aliphatic heterocycles. The quantitative estimate of drug-likeness (QED) is 0.206. The van der Waals surface area contributed by atoms with E-state index in [2.05, 4.69) is 25.5 Å². The van der Waals surface area contributed by atoms with Gasteiger partial charge in [0.15, 0.2) is 0 Å². The molecule has 3 aliphatic rings. The summed E-state index contributed by atoms with van der Waals surface area (Å²) in [6.07, 6.45) is 1.05. The number of aromatic nitrogens is 3. The molecular weight excluding hydrogens is 690 g/mol. The van der Waals surface area contributed by atoms with E-state index >= 15 is 4.39 Å². The second-order valence-corrected chi connectivity index (χ2v) is 15.7. The van der Waals surface area contributed by atoms with Crippen molar-refractivity contribution < 1.29 is 30.8 Å². The van der Waals surface area contributed by atoms with Gasteiger partial charge in [-0.25, -0.2) is 31.9 Å². The van der Waals surface area contributed by atoms with E-state index in [0.29, 0.717) is 74.0 Å². The molecule has 0 atom stereocenters. The van der Waals surface area contributed by atoms with Crippen LogP contribution in [0.15, 0.2) is 48.9 Å². The monoisotopic (exact) mass is 729 g/mol. The number of carbonyl (C=O) groups is 1. The van der Waals surface area contributed by atoms with E-state index in [0.717, 1.165) is 19.2 Å². The smallest absolute Gasteiger partial charge is 0.383 e. The van der Waals surface area contributed by atoms with Crippen LogP contribution >= 0.6 is 0 Å². The molecular formula is C34H39F4N9O3S. The van der Waals surface area contributed by atoms with Crippen molar-refractivity contribution in [2.75, 3.05) is 62.7 Å². The van der Waals surface area contributed by atoms with Crippen molar-refractivity contribution in [2.45, 2.75) is 49.7 Å². The van der Waals surface area contributed by atoms with Crippen molar-refractivity contribution in [1.82, 2.24) is 28.6 Å². The maximum Gasteiger partial charge on any atom is 0.416 e. The van der Waals surface area contributed by atoms with Crippen molar-refractivity contribution in [2.24, 2.45) is 0 Å². The number of hydrogen-bond donors (Lipinski definition) is 3. The number of likely N-dealkylation sites (N-methyl/N-ethyl adjacent to an activating group) is 1. The van der Waals surface area contributed by atoms with Crippen LogP contribution in [0.1, 0.15) is 42.9 Å².